The molecule has 11 nitrogen and oxygen atoms in total. The van der Waals surface area contributed by atoms with Gasteiger partial charge < -0.3 is 9.30 Å². The number of rotatable bonds is 7. The summed E-state index contributed by atoms with van der Waals surface area (Å²) in [5, 5.41) is 18.1. The Balaban J connectivity index is 1.36. The number of carbonyl (C=O) groups excluding carboxylic acids is 2. The van der Waals surface area contributed by atoms with Crippen LogP contribution >= 0.6 is 0 Å². The van der Waals surface area contributed by atoms with Crippen LogP contribution < -0.4 is 14.7 Å². The lowest BCUT2D eigenvalue weighted by Crippen LogP contribution is -2.44. The van der Waals surface area contributed by atoms with Gasteiger partial charge in [0.1, 0.15) is 29.5 Å². The number of nitrogens with zero attached hydrogens (tertiary/aromatic N) is 8. The van der Waals surface area contributed by atoms with Gasteiger partial charge in [-0.05, 0) is 89.8 Å². The van der Waals surface area contributed by atoms with Crippen molar-refractivity contribution in [1.82, 2.24) is 19.7 Å². The molecule has 2 aromatic heterocycles. The lowest BCUT2D eigenvalue weighted by Gasteiger charge is -2.30. The Bertz CT molecular complexity index is 1430. The number of aromatic nitrogens is 4. The summed E-state index contributed by atoms with van der Waals surface area (Å²) in [4.78, 5) is 36.1. The van der Waals surface area contributed by atoms with E-state index >= 15 is 0 Å². The number of hydrogen-bond donors (Lipinski definition) is 0. The molecule has 3 heterocycles. The molecule has 0 radical (unpaired) electrons. The number of hydrogen-bond acceptors (Lipinski definition) is 7. The van der Waals surface area contributed by atoms with Crippen molar-refractivity contribution in [3.05, 3.63) is 48.8 Å². The third-order valence-electron chi connectivity index (χ3n) is 6.89. The highest BCUT2D eigenvalue weighted by molar-refractivity contribution is 6.05. The van der Waals surface area contributed by atoms with Crippen LogP contribution in [0.4, 0.5) is 26.8 Å². The highest BCUT2D eigenvalue weighted by atomic mass is 16.6. The number of amides is 3. The summed E-state index contributed by atoms with van der Waals surface area (Å²) in [6, 6.07) is 14.3. The minimum absolute atomic E-state index is 0.128. The van der Waals surface area contributed by atoms with Crippen LogP contribution in [0.3, 0.4) is 0 Å². The predicted octanol–water partition coefficient (Wildman–Crippen LogP) is 5.41. The lowest BCUT2D eigenvalue weighted by atomic mass is 10.1. The minimum Gasteiger partial charge on any atom is -0.443 e. The van der Waals surface area contributed by atoms with Crippen LogP contribution in [0.15, 0.2) is 48.8 Å². The molecule has 0 bridgehead atoms. The topological polar surface area (TPSA) is 120 Å². The van der Waals surface area contributed by atoms with Crippen molar-refractivity contribution in [2.45, 2.75) is 65.1 Å². The van der Waals surface area contributed by atoms with Gasteiger partial charge in [-0.3, -0.25) is 14.7 Å². The highest BCUT2D eigenvalue weighted by Gasteiger charge is 2.40. The first-order chi connectivity index (χ1) is 19.1. The Kier molecular flexibility index (Phi) is 7.19. The third kappa shape index (κ3) is 5.47. The maximum atomic E-state index is 13.5. The first-order valence-electron chi connectivity index (χ1n) is 13.6. The summed E-state index contributed by atoms with van der Waals surface area (Å²) in [6.45, 7) is 10.4. The van der Waals surface area contributed by atoms with Gasteiger partial charge in [-0.15, -0.1) is 10.2 Å². The molecule has 1 aliphatic heterocycles. The summed E-state index contributed by atoms with van der Waals surface area (Å²) in [6.07, 6.45) is 2.92. The highest BCUT2D eigenvalue weighted by Crippen LogP contribution is 2.38. The van der Waals surface area contributed by atoms with E-state index in [4.69, 9.17) is 9.72 Å². The molecule has 0 N–H and O–H groups in total. The molecule has 1 saturated carbocycles. The Morgan fingerprint density at radius 3 is 2.42 bits per heavy atom. The zero-order chi connectivity index (χ0) is 28.6. The molecular weight excluding hydrogens is 508 g/mol. The molecule has 3 aromatic rings. The summed E-state index contributed by atoms with van der Waals surface area (Å²) in [5.41, 5.74) is 1.20. The van der Waals surface area contributed by atoms with Gasteiger partial charge in [-0.2, -0.15) is 5.26 Å². The third-order valence-corrected chi connectivity index (χ3v) is 6.89. The van der Waals surface area contributed by atoms with E-state index in [0.717, 1.165) is 12.8 Å². The van der Waals surface area contributed by atoms with Crippen molar-refractivity contribution >= 4 is 29.3 Å². The average Bonchev–Trinajstić information content (AvgIpc) is 3.48. The van der Waals surface area contributed by atoms with E-state index in [1.165, 1.54) is 4.90 Å². The van der Waals surface area contributed by atoms with Gasteiger partial charge in [0.2, 0.25) is 0 Å². The maximum Gasteiger partial charge on any atom is 0.415 e. The molecule has 5 rings (SSSR count). The second-order valence-electron chi connectivity index (χ2n) is 11.4. The molecule has 40 heavy (non-hydrogen) atoms. The van der Waals surface area contributed by atoms with Gasteiger partial charge >= 0.3 is 12.1 Å². The second kappa shape index (κ2) is 10.6. The van der Waals surface area contributed by atoms with E-state index in [1.54, 1.807) is 61.2 Å². The summed E-state index contributed by atoms with van der Waals surface area (Å²) in [5.74, 6) is 1.31. The van der Waals surface area contributed by atoms with E-state index in [2.05, 4.69) is 16.3 Å². The second-order valence-corrected chi connectivity index (χ2v) is 11.4. The first-order valence-corrected chi connectivity index (χ1v) is 13.6. The van der Waals surface area contributed by atoms with Crippen LogP contribution in [0.2, 0.25) is 0 Å². The quantitative estimate of drug-likeness (QED) is 0.391. The van der Waals surface area contributed by atoms with Gasteiger partial charge in [0.15, 0.2) is 5.82 Å². The molecule has 2 aliphatic rings. The predicted molar refractivity (Wildman–Crippen MR) is 151 cm³/mol. The fourth-order valence-corrected chi connectivity index (χ4v) is 4.76. The average molecular weight is 543 g/mol. The zero-order valence-electron chi connectivity index (χ0n) is 23.5. The van der Waals surface area contributed by atoms with Crippen LogP contribution in [-0.2, 0) is 4.74 Å². The van der Waals surface area contributed by atoms with Crippen molar-refractivity contribution in [2.75, 3.05) is 27.8 Å². The van der Waals surface area contributed by atoms with Crippen molar-refractivity contribution in [3.8, 4) is 17.6 Å². The van der Waals surface area contributed by atoms with E-state index < -0.39 is 17.7 Å². The molecule has 1 aromatic carbocycles. The molecular formula is C29H34N8O3. The van der Waals surface area contributed by atoms with Crippen LogP contribution in [-0.4, -0.2) is 56.6 Å². The van der Waals surface area contributed by atoms with Gasteiger partial charge in [-0.25, -0.2) is 14.6 Å². The minimum atomic E-state index is -0.694. The SMILES string of the molecule is CC(C)n1cnnc1-c1cccc(N2CCN(c3ccc(N(C(=O)OC(C)(C)C)C(C#N)C4CC4)cc3)C2=O)n1. The molecule has 208 valence electrons. The number of carbonyl (C=O) groups is 2. The van der Waals surface area contributed by atoms with Crippen LogP contribution in [0.25, 0.3) is 11.5 Å². The maximum absolute atomic E-state index is 13.5. The van der Waals surface area contributed by atoms with Crippen molar-refractivity contribution < 1.29 is 14.3 Å². The van der Waals surface area contributed by atoms with E-state index in [0.29, 0.717) is 41.8 Å². The van der Waals surface area contributed by atoms with E-state index in [1.807, 2.05) is 36.6 Å². The number of benzene rings is 1. The molecule has 2 fully saturated rings. The van der Waals surface area contributed by atoms with E-state index in [-0.39, 0.29) is 18.0 Å². The molecule has 1 saturated heterocycles. The van der Waals surface area contributed by atoms with E-state index in [9.17, 15) is 14.9 Å². The fraction of sp³-hybridized carbons (Fsp3) is 0.448. The normalized spacial score (nSPS) is 16.3. The fourth-order valence-electron chi connectivity index (χ4n) is 4.76. The Morgan fingerprint density at radius 2 is 1.80 bits per heavy atom. The first kappa shape index (κ1) is 27.1. The molecule has 0 spiro atoms. The van der Waals surface area contributed by atoms with Gasteiger partial charge in [0, 0.05) is 30.5 Å². The largest absolute Gasteiger partial charge is 0.443 e. The molecule has 1 atom stereocenters. The van der Waals surface area contributed by atoms with Gasteiger partial charge in [0.25, 0.3) is 0 Å². The molecule has 3 amide bonds. The van der Waals surface area contributed by atoms with Gasteiger partial charge in [0.05, 0.1) is 6.07 Å². The lowest BCUT2D eigenvalue weighted by molar-refractivity contribution is 0.0569. The summed E-state index contributed by atoms with van der Waals surface area (Å²) >= 11 is 0. The van der Waals surface area contributed by atoms with Gasteiger partial charge in [-0.1, -0.05) is 6.07 Å². The number of anilines is 3. The number of ether oxygens (including phenoxy) is 1. The van der Waals surface area contributed by atoms with Crippen LogP contribution in [0.5, 0.6) is 0 Å². The zero-order valence-corrected chi connectivity index (χ0v) is 23.5. The Morgan fingerprint density at radius 1 is 1.10 bits per heavy atom. The van der Waals surface area contributed by atoms with Crippen LogP contribution in [0, 0.1) is 17.2 Å². The standard InChI is InChI=1S/C29H34N8O3/c1-19(2)36-18-31-33-26(36)23-7-6-8-25(32-23)35-16-15-34(27(35)38)21-11-13-22(14-12-21)37(24(17-30)20-9-10-20)28(39)40-29(3,4)5/h6-8,11-14,18-20,24H,9-10,15-16H2,1-5H3. The molecule has 1 unspecified atom stereocenters. The van der Waals surface area contributed by atoms with Crippen molar-refractivity contribution in [1.29, 1.82) is 5.26 Å². The Hall–Kier alpha value is -4.46. The van der Waals surface area contributed by atoms with Crippen molar-refractivity contribution in [3.63, 3.8) is 0 Å². The van der Waals surface area contributed by atoms with Crippen molar-refractivity contribution in [2.24, 2.45) is 5.92 Å². The number of nitriles is 1. The summed E-state index contributed by atoms with van der Waals surface area (Å²) < 4.78 is 7.57. The smallest absolute Gasteiger partial charge is 0.415 e. The number of urea groups is 1. The molecule has 11 heteroatoms. The molecule has 1 aliphatic carbocycles. The monoisotopic (exact) mass is 542 g/mol. The van der Waals surface area contributed by atoms with Crippen LogP contribution in [0.1, 0.15) is 53.5 Å². The summed E-state index contributed by atoms with van der Waals surface area (Å²) in [7, 11) is 0. The Labute approximate surface area is 234 Å². The number of pyridine rings is 1.